The molecule has 0 aliphatic heterocycles. The zero-order valence-electron chi connectivity index (χ0n) is 14.7. The van der Waals surface area contributed by atoms with Crippen molar-refractivity contribution in [2.45, 2.75) is 32.7 Å². The van der Waals surface area contributed by atoms with Gasteiger partial charge in [-0.15, -0.1) is 0 Å². The average Bonchev–Trinajstić information content (AvgIpc) is 3.29. The van der Waals surface area contributed by atoms with Crippen LogP contribution in [0.5, 0.6) is 0 Å². The Kier molecular flexibility index (Phi) is 5.46. The fourth-order valence-corrected chi connectivity index (χ4v) is 2.53. The van der Waals surface area contributed by atoms with E-state index in [1.165, 1.54) is 11.0 Å². The third-order valence-electron chi connectivity index (χ3n) is 4.01. The van der Waals surface area contributed by atoms with Gasteiger partial charge in [0.15, 0.2) is 5.82 Å². The lowest BCUT2D eigenvalue weighted by atomic mass is 10.1. The summed E-state index contributed by atoms with van der Waals surface area (Å²) in [7, 11) is 1.69. The molecule has 0 atom stereocenters. The predicted molar refractivity (Wildman–Crippen MR) is 92.6 cm³/mol. The first kappa shape index (κ1) is 17.8. The Morgan fingerprint density at radius 2 is 2.04 bits per heavy atom. The average molecular weight is 357 g/mol. The zero-order valence-corrected chi connectivity index (χ0v) is 14.7. The van der Waals surface area contributed by atoms with Gasteiger partial charge in [0.05, 0.1) is 12.1 Å². The van der Waals surface area contributed by atoms with E-state index in [2.05, 4.69) is 10.1 Å². The molecule has 0 aliphatic carbocycles. The topological polar surface area (TPSA) is 72.4 Å². The van der Waals surface area contributed by atoms with Crippen molar-refractivity contribution in [3.8, 4) is 11.3 Å². The van der Waals surface area contributed by atoms with Crippen LogP contribution < -0.4 is 0 Å². The van der Waals surface area contributed by atoms with Gasteiger partial charge in [-0.1, -0.05) is 24.2 Å². The normalized spacial score (nSPS) is 10.9. The van der Waals surface area contributed by atoms with E-state index < -0.39 is 0 Å². The molecule has 0 saturated heterocycles. The first-order valence-electron chi connectivity index (χ1n) is 8.46. The molecule has 6 nitrogen and oxygen atoms in total. The number of aryl methyl sites for hydroxylation is 2. The lowest BCUT2D eigenvalue weighted by Gasteiger charge is -2.14. The molecule has 2 aromatic heterocycles. The van der Waals surface area contributed by atoms with Gasteiger partial charge in [-0.05, 0) is 24.3 Å². The minimum absolute atomic E-state index is 0.0647. The number of nitrogens with zero attached hydrogens (tertiary/aromatic N) is 3. The van der Waals surface area contributed by atoms with Gasteiger partial charge in [0.25, 0.3) is 0 Å². The van der Waals surface area contributed by atoms with Gasteiger partial charge in [-0.25, -0.2) is 4.39 Å². The zero-order chi connectivity index (χ0) is 18.5. The number of furan rings is 1. The molecule has 3 rings (SSSR count). The molecule has 0 radical (unpaired) electrons. The summed E-state index contributed by atoms with van der Waals surface area (Å²) in [6.45, 7) is 2.20. The fraction of sp³-hybridized carbons (Fsp3) is 0.316. The van der Waals surface area contributed by atoms with Crippen molar-refractivity contribution in [1.82, 2.24) is 15.0 Å². The summed E-state index contributed by atoms with van der Waals surface area (Å²) in [6.07, 6.45) is 1.39. The van der Waals surface area contributed by atoms with Crippen LogP contribution in [-0.2, 0) is 24.2 Å². The molecule has 136 valence electrons. The lowest BCUT2D eigenvalue weighted by Crippen LogP contribution is -2.26. The SMILES string of the molecule is CCc1noc(CN(C)C(=O)CCc2ccc(-c3ccccc3F)o2)n1. The second-order valence-corrected chi connectivity index (χ2v) is 5.95. The van der Waals surface area contributed by atoms with E-state index in [0.717, 1.165) is 0 Å². The van der Waals surface area contributed by atoms with Crippen molar-refractivity contribution >= 4 is 5.91 Å². The van der Waals surface area contributed by atoms with E-state index in [-0.39, 0.29) is 24.7 Å². The van der Waals surface area contributed by atoms with Crippen molar-refractivity contribution in [1.29, 1.82) is 0 Å². The molecule has 0 fully saturated rings. The van der Waals surface area contributed by atoms with Gasteiger partial charge >= 0.3 is 0 Å². The van der Waals surface area contributed by atoms with E-state index in [4.69, 9.17) is 8.94 Å². The predicted octanol–water partition coefficient (Wildman–Crippen LogP) is 3.62. The van der Waals surface area contributed by atoms with Crippen molar-refractivity contribution in [2.24, 2.45) is 0 Å². The van der Waals surface area contributed by atoms with Crippen molar-refractivity contribution in [3.05, 3.63) is 59.7 Å². The van der Waals surface area contributed by atoms with Crippen molar-refractivity contribution in [2.75, 3.05) is 7.05 Å². The second kappa shape index (κ2) is 7.95. The lowest BCUT2D eigenvalue weighted by molar-refractivity contribution is -0.130. The van der Waals surface area contributed by atoms with Crippen LogP contribution in [0.15, 0.2) is 45.3 Å². The number of halogens is 1. The summed E-state index contributed by atoms with van der Waals surface area (Å²) >= 11 is 0. The molecule has 0 saturated carbocycles. The summed E-state index contributed by atoms with van der Waals surface area (Å²) in [5.74, 6) is 1.72. The Morgan fingerprint density at radius 1 is 1.23 bits per heavy atom. The number of carbonyl (C=O) groups excluding carboxylic acids is 1. The Labute approximate surface area is 150 Å². The highest BCUT2D eigenvalue weighted by Crippen LogP contribution is 2.25. The number of benzene rings is 1. The number of hydrogen-bond acceptors (Lipinski definition) is 5. The van der Waals surface area contributed by atoms with Crippen molar-refractivity contribution in [3.63, 3.8) is 0 Å². The summed E-state index contributed by atoms with van der Waals surface area (Å²) in [5.41, 5.74) is 0.408. The van der Waals surface area contributed by atoms with Crippen LogP contribution in [0.3, 0.4) is 0 Å². The van der Waals surface area contributed by atoms with Crippen LogP contribution in [0.25, 0.3) is 11.3 Å². The number of hydrogen-bond donors (Lipinski definition) is 0. The maximum atomic E-state index is 13.8. The molecular weight excluding hydrogens is 337 g/mol. The van der Waals surface area contributed by atoms with Gasteiger partial charge in [0, 0.05) is 26.3 Å². The van der Waals surface area contributed by atoms with E-state index >= 15 is 0 Å². The first-order valence-corrected chi connectivity index (χ1v) is 8.46. The summed E-state index contributed by atoms with van der Waals surface area (Å²) < 4.78 is 24.6. The van der Waals surface area contributed by atoms with Gasteiger partial charge in [0.1, 0.15) is 17.3 Å². The standard InChI is InChI=1S/C19H20FN3O3/c1-3-17-21-18(26-22-17)12-23(2)19(24)11-9-13-8-10-16(25-13)14-6-4-5-7-15(14)20/h4-8,10H,3,9,11-12H2,1-2H3. The minimum atomic E-state index is -0.338. The van der Waals surface area contributed by atoms with Crippen LogP contribution in [0.2, 0.25) is 0 Å². The highest BCUT2D eigenvalue weighted by Gasteiger charge is 2.15. The Hall–Kier alpha value is -2.96. The van der Waals surface area contributed by atoms with E-state index in [1.807, 2.05) is 6.92 Å². The summed E-state index contributed by atoms with van der Waals surface area (Å²) in [6, 6.07) is 9.90. The maximum Gasteiger partial charge on any atom is 0.246 e. The Morgan fingerprint density at radius 3 is 2.77 bits per heavy atom. The minimum Gasteiger partial charge on any atom is -0.461 e. The molecular formula is C19H20FN3O3. The highest BCUT2D eigenvalue weighted by atomic mass is 19.1. The van der Waals surface area contributed by atoms with Crippen LogP contribution >= 0.6 is 0 Å². The number of rotatable bonds is 7. The van der Waals surface area contributed by atoms with Gasteiger partial charge < -0.3 is 13.8 Å². The molecule has 0 aliphatic rings. The highest BCUT2D eigenvalue weighted by molar-refractivity contribution is 5.76. The van der Waals surface area contributed by atoms with Crippen LogP contribution in [0.1, 0.15) is 30.8 Å². The third-order valence-corrected chi connectivity index (χ3v) is 4.01. The Bertz CT molecular complexity index is 888. The molecule has 0 bridgehead atoms. The maximum absolute atomic E-state index is 13.8. The molecule has 1 aromatic carbocycles. The number of carbonyl (C=O) groups is 1. The van der Waals surface area contributed by atoms with Crippen LogP contribution in [-0.4, -0.2) is 28.0 Å². The molecule has 7 heteroatoms. The number of aromatic nitrogens is 2. The summed E-state index contributed by atoms with van der Waals surface area (Å²) in [5, 5.41) is 3.81. The number of amides is 1. The molecule has 0 unspecified atom stereocenters. The van der Waals surface area contributed by atoms with E-state index in [9.17, 15) is 9.18 Å². The van der Waals surface area contributed by atoms with Crippen LogP contribution in [0, 0.1) is 5.82 Å². The Balaban J connectivity index is 1.55. The quantitative estimate of drug-likeness (QED) is 0.646. The smallest absolute Gasteiger partial charge is 0.246 e. The monoisotopic (exact) mass is 357 g/mol. The third kappa shape index (κ3) is 4.17. The van der Waals surface area contributed by atoms with E-state index in [1.54, 1.807) is 37.4 Å². The molecule has 26 heavy (non-hydrogen) atoms. The van der Waals surface area contributed by atoms with E-state index in [0.29, 0.717) is 41.6 Å². The molecule has 0 spiro atoms. The van der Waals surface area contributed by atoms with Crippen LogP contribution in [0.4, 0.5) is 4.39 Å². The van der Waals surface area contributed by atoms with Gasteiger partial charge in [-0.3, -0.25) is 4.79 Å². The molecule has 0 N–H and O–H groups in total. The second-order valence-electron chi connectivity index (χ2n) is 5.95. The summed E-state index contributed by atoms with van der Waals surface area (Å²) in [4.78, 5) is 18.0. The molecule has 3 aromatic rings. The van der Waals surface area contributed by atoms with Gasteiger partial charge in [0.2, 0.25) is 11.8 Å². The first-order chi connectivity index (χ1) is 12.6. The van der Waals surface area contributed by atoms with Crippen molar-refractivity contribution < 1.29 is 18.1 Å². The molecule has 2 heterocycles. The molecule has 1 amide bonds. The fourth-order valence-electron chi connectivity index (χ4n) is 2.53. The largest absolute Gasteiger partial charge is 0.461 e. The van der Waals surface area contributed by atoms with Gasteiger partial charge in [-0.2, -0.15) is 4.98 Å².